The number of rotatable bonds is 4. The Labute approximate surface area is 119 Å². The molecule has 1 aliphatic carbocycles. The minimum atomic E-state index is -4.77. The van der Waals surface area contributed by atoms with Crippen molar-refractivity contribution in [3.05, 3.63) is 48.6 Å². The van der Waals surface area contributed by atoms with Gasteiger partial charge in [0, 0.05) is 11.5 Å². The number of allylic oxidation sites excluding steroid dienone is 2. The number of carbonyl (C=O) groups excluding carboxylic acids is 2. The molecule has 114 valence electrons. The van der Waals surface area contributed by atoms with Crippen LogP contribution in [0.2, 0.25) is 0 Å². The first-order valence-electron chi connectivity index (χ1n) is 5.99. The molecule has 0 bridgehead atoms. The summed E-state index contributed by atoms with van der Waals surface area (Å²) < 4.78 is 40.5. The second-order valence-electron chi connectivity index (χ2n) is 4.54. The SMILES string of the molecule is C=CC(=O)NC1(C(F)(F)F)C=CC=CC1C=C(C)C(N)=O. The monoisotopic (exact) mass is 300 g/mol. The number of hydrogen-bond acceptors (Lipinski definition) is 2. The zero-order valence-electron chi connectivity index (χ0n) is 11.3. The first kappa shape index (κ1) is 16.7. The summed E-state index contributed by atoms with van der Waals surface area (Å²) in [5.74, 6) is -3.09. The second-order valence-corrected chi connectivity index (χ2v) is 4.54. The van der Waals surface area contributed by atoms with Crippen LogP contribution < -0.4 is 11.1 Å². The Hall–Kier alpha value is -2.31. The Morgan fingerprint density at radius 2 is 2.00 bits per heavy atom. The standard InChI is InChI=1S/C14H15F3N2O2/c1-3-11(20)19-13(14(15,16)17)7-5-4-6-10(13)8-9(2)12(18)21/h3-8,10H,1H2,2H3,(H2,18,21)(H,19,20). The lowest BCUT2D eigenvalue weighted by molar-refractivity contribution is -0.190. The van der Waals surface area contributed by atoms with Crippen LogP contribution in [0, 0.1) is 5.92 Å². The average molecular weight is 300 g/mol. The number of carbonyl (C=O) groups is 2. The van der Waals surface area contributed by atoms with Crippen molar-refractivity contribution in [3.63, 3.8) is 0 Å². The second kappa shape index (κ2) is 5.99. The zero-order chi connectivity index (χ0) is 16.3. The third kappa shape index (κ3) is 3.42. The highest BCUT2D eigenvalue weighted by atomic mass is 19.4. The molecule has 1 rings (SSSR count). The summed E-state index contributed by atoms with van der Waals surface area (Å²) >= 11 is 0. The topological polar surface area (TPSA) is 72.2 Å². The zero-order valence-corrected chi connectivity index (χ0v) is 11.3. The summed E-state index contributed by atoms with van der Waals surface area (Å²) in [7, 11) is 0. The van der Waals surface area contributed by atoms with Crippen LogP contribution in [-0.2, 0) is 9.59 Å². The van der Waals surface area contributed by atoms with Gasteiger partial charge in [-0.1, -0.05) is 30.9 Å². The third-order valence-corrected chi connectivity index (χ3v) is 3.12. The van der Waals surface area contributed by atoms with E-state index in [9.17, 15) is 22.8 Å². The van der Waals surface area contributed by atoms with Crippen LogP contribution in [0.15, 0.2) is 48.6 Å². The highest BCUT2D eigenvalue weighted by Crippen LogP contribution is 2.41. The van der Waals surface area contributed by atoms with Crippen LogP contribution in [-0.4, -0.2) is 23.5 Å². The van der Waals surface area contributed by atoms with Gasteiger partial charge in [0.25, 0.3) is 0 Å². The molecule has 1 aliphatic rings. The maximum Gasteiger partial charge on any atom is 0.416 e. The third-order valence-electron chi connectivity index (χ3n) is 3.12. The van der Waals surface area contributed by atoms with Crippen molar-refractivity contribution in [3.8, 4) is 0 Å². The molecule has 0 aliphatic heterocycles. The molecule has 0 aromatic rings. The molecule has 0 fully saturated rings. The van der Waals surface area contributed by atoms with Gasteiger partial charge in [-0.3, -0.25) is 9.59 Å². The van der Waals surface area contributed by atoms with Crippen LogP contribution in [0.3, 0.4) is 0 Å². The molecular weight excluding hydrogens is 285 g/mol. The lowest BCUT2D eigenvalue weighted by atomic mass is 9.78. The predicted molar refractivity (Wildman–Crippen MR) is 71.8 cm³/mol. The van der Waals surface area contributed by atoms with Crippen molar-refractivity contribution in [1.29, 1.82) is 0 Å². The largest absolute Gasteiger partial charge is 0.416 e. The predicted octanol–water partition coefficient (Wildman–Crippen LogP) is 1.76. The normalized spacial score (nSPS) is 25.5. The van der Waals surface area contributed by atoms with Crippen LogP contribution in [0.25, 0.3) is 0 Å². The van der Waals surface area contributed by atoms with E-state index >= 15 is 0 Å². The van der Waals surface area contributed by atoms with Gasteiger partial charge in [0.1, 0.15) is 0 Å². The van der Waals surface area contributed by atoms with Crippen molar-refractivity contribution >= 4 is 11.8 Å². The maximum absolute atomic E-state index is 13.5. The van der Waals surface area contributed by atoms with Gasteiger partial charge in [-0.15, -0.1) is 0 Å². The fraction of sp³-hybridized carbons (Fsp3) is 0.286. The molecule has 4 nitrogen and oxygen atoms in total. The van der Waals surface area contributed by atoms with Gasteiger partial charge in [-0.2, -0.15) is 13.2 Å². The van der Waals surface area contributed by atoms with Gasteiger partial charge in [-0.25, -0.2) is 0 Å². The molecule has 0 saturated carbocycles. The molecule has 0 aromatic heterocycles. The smallest absolute Gasteiger partial charge is 0.366 e. The molecule has 0 saturated heterocycles. The number of nitrogens with one attached hydrogen (secondary N) is 1. The molecule has 21 heavy (non-hydrogen) atoms. The Balaban J connectivity index is 3.37. The molecule has 0 heterocycles. The molecule has 0 aromatic carbocycles. The first-order valence-corrected chi connectivity index (χ1v) is 5.99. The Kier molecular flexibility index (Phi) is 4.77. The highest BCUT2D eigenvalue weighted by molar-refractivity contribution is 5.91. The van der Waals surface area contributed by atoms with Gasteiger partial charge in [0.2, 0.25) is 11.8 Å². The van der Waals surface area contributed by atoms with Crippen molar-refractivity contribution in [1.82, 2.24) is 5.32 Å². The average Bonchev–Trinajstić information content (AvgIpc) is 2.39. The lowest BCUT2D eigenvalue weighted by Crippen LogP contribution is -2.61. The van der Waals surface area contributed by atoms with Crippen LogP contribution in [0.1, 0.15) is 6.92 Å². The summed E-state index contributed by atoms with van der Waals surface area (Å²) in [6.07, 6.45) is 1.72. The fourth-order valence-corrected chi connectivity index (χ4v) is 1.93. The minimum Gasteiger partial charge on any atom is -0.366 e. The van der Waals surface area contributed by atoms with E-state index in [1.54, 1.807) is 0 Å². The highest BCUT2D eigenvalue weighted by Gasteiger charge is 2.58. The van der Waals surface area contributed by atoms with Gasteiger partial charge in [0.15, 0.2) is 5.54 Å². The van der Waals surface area contributed by atoms with Crippen LogP contribution in [0.5, 0.6) is 0 Å². The molecule has 0 spiro atoms. The number of halogens is 3. The van der Waals surface area contributed by atoms with Crippen molar-refractivity contribution < 1.29 is 22.8 Å². The number of hydrogen-bond donors (Lipinski definition) is 2. The lowest BCUT2D eigenvalue weighted by Gasteiger charge is -2.39. The van der Waals surface area contributed by atoms with Crippen LogP contribution in [0.4, 0.5) is 13.2 Å². The Morgan fingerprint density at radius 3 is 2.48 bits per heavy atom. The number of alkyl halides is 3. The molecular formula is C14H15F3N2O2. The van der Waals surface area contributed by atoms with Gasteiger partial charge in [-0.05, 0) is 19.1 Å². The summed E-state index contributed by atoms with van der Waals surface area (Å²) in [6.45, 7) is 4.45. The van der Waals surface area contributed by atoms with Crippen molar-refractivity contribution in [2.75, 3.05) is 0 Å². The quantitative estimate of drug-likeness (QED) is 0.777. The van der Waals surface area contributed by atoms with E-state index in [1.165, 1.54) is 25.2 Å². The van der Waals surface area contributed by atoms with E-state index in [-0.39, 0.29) is 5.57 Å². The van der Waals surface area contributed by atoms with Gasteiger partial charge >= 0.3 is 6.18 Å². The molecule has 0 radical (unpaired) electrons. The molecule has 7 heteroatoms. The first-order chi connectivity index (χ1) is 9.64. The van der Waals surface area contributed by atoms with E-state index in [0.29, 0.717) is 0 Å². The van der Waals surface area contributed by atoms with E-state index in [1.807, 2.05) is 5.32 Å². The molecule has 2 atom stereocenters. The molecule has 2 unspecified atom stereocenters. The summed E-state index contributed by atoms with van der Waals surface area (Å²) in [6, 6.07) is 0. The van der Waals surface area contributed by atoms with Crippen molar-refractivity contribution in [2.45, 2.75) is 18.6 Å². The maximum atomic E-state index is 13.5. The van der Waals surface area contributed by atoms with Crippen molar-refractivity contribution in [2.24, 2.45) is 11.7 Å². The Bertz CT molecular complexity index is 547. The minimum absolute atomic E-state index is 0.0265. The summed E-state index contributed by atoms with van der Waals surface area (Å²) in [5.41, 5.74) is 2.37. The molecule has 2 amide bonds. The van der Waals surface area contributed by atoms with E-state index in [0.717, 1.165) is 18.2 Å². The van der Waals surface area contributed by atoms with Crippen LogP contribution >= 0.6 is 0 Å². The number of nitrogens with two attached hydrogens (primary N) is 1. The summed E-state index contributed by atoms with van der Waals surface area (Å²) in [4.78, 5) is 22.4. The summed E-state index contributed by atoms with van der Waals surface area (Å²) in [5, 5.41) is 1.90. The molecule has 3 N–H and O–H groups in total. The Morgan fingerprint density at radius 1 is 1.38 bits per heavy atom. The van der Waals surface area contributed by atoms with E-state index in [2.05, 4.69) is 6.58 Å². The van der Waals surface area contributed by atoms with E-state index in [4.69, 9.17) is 5.73 Å². The van der Waals surface area contributed by atoms with Gasteiger partial charge < -0.3 is 11.1 Å². The fourth-order valence-electron chi connectivity index (χ4n) is 1.93. The number of amides is 2. The number of primary amides is 1. The van der Waals surface area contributed by atoms with Gasteiger partial charge in [0.05, 0.1) is 0 Å². The van der Waals surface area contributed by atoms with E-state index < -0.39 is 29.4 Å².